The van der Waals surface area contributed by atoms with Crippen LogP contribution in [0, 0.1) is 0 Å². The van der Waals surface area contributed by atoms with Crippen molar-refractivity contribution in [1.82, 2.24) is 15.6 Å². The molecule has 2 aliphatic heterocycles. The van der Waals surface area contributed by atoms with Crippen molar-refractivity contribution < 1.29 is 4.79 Å². The maximum absolute atomic E-state index is 12.0. The van der Waals surface area contributed by atoms with E-state index in [2.05, 4.69) is 40.1 Å². The Kier molecular flexibility index (Phi) is 4.75. The van der Waals surface area contributed by atoms with Crippen LogP contribution in [0.25, 0.3) is 11.8 Å². The van der Waals surface area contributed by atoms with Crippen LogP contribution in [0.2, 0.25) is 0 Å². The third-order valence-corrected chi connectivity index (χ3v) is 4.95. The normalized spacial score (nSPS) is 18.8. The molecule has 1 amide bonds. The number of hydrazone groups is 1. The van der Waals surface area contributed by atoms with Crippen LogP contribution >= 0.6 is 11.8 Å². The predicted octanol–water partition coefficient (Wildman–Crippen LogP) is 3.06. The lowest BCUT2D eigenvalue weighted by Gasteiger charge is -2.32. The molecule has 2 heterocycles. The topological polar surface area (TPSA) is 56.7 Å². The van der Waals surface area contributed by atoms with Crippen molar-refractivity contribution in [3.63, 3.8) is 0 Å². The summed E-state index contributed by atoms with van der Waals surface area (Å²) in [7, 11) is 0. The van der Waals surface area contributed by atoms with E-state index >= 15 is 0 Å². The van der Waals surface area contributed by atoms with Crippen LogP contribution in [0.3, 0.4) is 0 Å². The molecular weight excluding hydrogens is 344 g/mol. The lowest BCUT2D eigenvalue weighted by molar-refractivity contribution is -0.118. The molecule has 0 aromatic heterocycles. The molecule has 4 rings (SSSR count). The Labute approximate surface area is 156 Å². The molecule has 2 aromatic rings. The van der Waals surface area contributed by atoms with Crippen molar-refractivity contribution in [3.05, 3.63) is 83.9 Å². The summed E-state index contributed by atoms with van der Waals surface area (Å²) in [6.45, 7) is 0. The van der Waals surface area contributed by atoms with Gasteiger partial charge < -0.3 is 5.32 Å². The zero-order valence-electron chi connectivity index (χ0n) is 14.0. The molecule has 2 N–H and O–H groups in total. The highest BCUT2D eigenvalue weighted by molar-refractivity contribution is 8.13. The molecule has 1 unspecified atom stereocenters. The van der Waals surface area contributed by atoms with Crippen molar-refractivity contribution in [2.24, 2.45) is 5.10 Å². The van der Waals surface area contributed by atoms with E-state index in [0.717, 1.165) is 22.2 Å². The van der Waals surface area contributed by atoms with Crippen molar-refractivity contribution in [2.75, 3.05) is 5.75 Å². The molecule has 0 spiro atoms. The number of amides is 1. The molecule has 0 radical (unpaired) electrons. The average Bonchev–Trinajstić information content (AvgIpc) is 3.09. The van der Waals surface area contributed by atoms with Gasteiger partial charge in [0.2, 0.25) is 5.91 Å². The first-order valence-electron chi connectivity index (χ1n) is 8.36. The first-order chi connectivity index (χ1) is 12.8. The van der Waals surface area contributed by atoms with E-state index in [-0.39, 0.29) is 12.2 Å². The van der Waals surface area contributed by atoms with E-state index < -0.39 is 0 Å². The number of hydrogen-bond acceptors (Lipinski definition) is 5. The molecule has 6 heteroatoms. The van der Waals surface area contributed by atoms with Gasteiger partial charge in [0.15, 0.2) is 11.5 Å². The Balaban J connectivity index is 1.48. The van der Waals surface area contributed by atoms with Gasteiger partial charge in [-0.15, -0.1) is 0 Å². The summed E-state index contributed by atoms with van der Waals surface area (Å²) in [6, 6.07) is 20.1. The zero-order chi connectivity index (χ0) is 17.8. The SMILES string of the molecule is O=C1C=C(c2ccccc2)N2C(SC/C=C/c3ccccc3)=NNC2N1. The number of amidine groups is 1. The maximum atomic E-state index is 12.0. The van der Waals surface area contributed by atoms with Crippen molar-refractivity contribution in [3.8, 4) is 0 Å². The second kappa shape index (κ2) is 7.49. The largest absolute Gasteiger partial charge is 0.314 e. The first kappa shape index (κ1) is 16.5. The number of thioether (sulfide) groups is 1. The Bertz CT molecular complexity index is 877. The molecular formula is C20H18N4OS. The van der Waals surface area contributed by atoms with Crippen molar-refractivity contribution in [1.29, 1.82) is 0 Å². The first-order valence-corrected chi connectivity index (χ1v) is 9.34. The van der Waals surface area contributed by atoms with Crippen LogP contribution in [0.15, 0.2) is 77.9 Å². The van der Waals surface area contributed by atoms with E-state index in [4.69, 9.17) is 0 Å². The van der Waals surface area contributed by atoms with Crippen LogP contribution in [0.4, 0.5) is 0 Å². The summed E-state index contributed by atoms with van der Waals surface area (Å²) in [5.74, 6) is 0.664. The van der Waals surface area contributed by atoms with Crippen molar-refractivity contribution in [2.45, 2.75) is 6.29 Å². The molecule has 1 atom stereocenters. The van der Waals surface area contributed by atoms with Crippen LogP contribution in [-0.2, 0) is 4.79 Å². The van der Waals surface area contributed by atoms with Crippen LogP contribution in [0.1, 0.15) is 11.1 Å². The maximum Gasteiger partial charge on any atom is 0.249 e. The third-order valence-electron chi connectivity index (χ3n) is 4.04. The predicted molar refractivity (Wildman–Crippen MR) is 107 cm³/mol. The highest BCUT2D eigenvalue weighted by Gasteiger charge is 2.35. The fourth-order valence-electron chi connectivity index (χ4n) is 2.85. The number of nitrogens with one attached hydrogen (secondary N) is 2. The molecule has 0 aliphatic carbocycles. The summed E-state index contributed by atoms with van der Waals surface area (Å²) in [6.07, 6.45) is 5.49. The van der Waals surface area contributed by atoms with E-state index in [1.54, 1.807) is 17.8 Å². The smallest absolute Gasteiger partial charge is 0.249 e. The molecule has 2 aromatic carbocycles. The van der Waals surface area contributed by atoms with Gasteiger partial charge in [-0.1, -0.05) is 84.6 Å². The molecule has 0 saturated heterocycles. The second-order valence-corrected chi connectivity index (χ2v) is 6.81. The molecule has 130 valence electrons. The molecule has 2 aliphatic rings. The minimum Gasteiger partial charge on any atom is -0.314 e. The number of carbonyl (C=O) groups is 1. The number of benzene rings is 2. The highest BCUT2D eigenvalue weighted by atomic mass is 32.2. The van der Waals surface area contributed by atoms with Gasteiger partial charge in [-0.05, 0) is 11.1 Å². The molecule has 0 bridgehead atoms. The lowest BCUT2D eigenvalue weighted by Crippen LogP contribution is -2.53. The van der Waals surface area contributed by atoms with Gasteiger partial charge in [0.1, 0.15) is 0 Å². The van der Waals surface area contributed by atoms with Crippen LogP contribution in [0.5, 0.6) is 0 Å². The van der Waals surface area contributed by atoms with Gasteiger partial charge >= 0.3 is 0 Å². The van der Waals surface area contributed by atoms with Gasteiger partial charge in [-0.2, -0.15) is 5.10 Å². The third kappa shape index (κ3) is 3.50. The standard InChI is InChI=1S/C20H18N4OS/c25-18-14-17(16-11-5-2-6-12-16)24-19(21-18)22-23-20(24)26-13-7-10-15-8-3-1-4-9-15/h1-12,14,19,22H,13H2,(H,21,25)/b10-7+. The number of carbonyl (C=O) groups excluding carboxylic acids is 1. The summed E-state index contributed by atoms with van der Waals surface area (Å²) in [4.78, 5) is 14.0. The van der Waals surface area contributed by atoms with Crippen molar-refractivity contribution >= 4 is 34.6 Å². The number of rotatable bonds is 4. The fourth-order valence-corrected chi connectivity index (χ4v) is 3.65. The molecule has 26 heavy (non-hydrogen) atoms. The summed E-state index contributed by atoms with van der Waals surface area (Å²) >= 11 is 1.62. The Morgan fingerprint density at radius 2 is 1.81 bits per heavy atom. The summed E-state index contributed by atoms with van der Waals surface area (Å²) in [5, 5.41) is 8.11. The van der Waals surface area contributed by atoms with Crippen LogP contribution < -0.4 is 10.7 Å². The summed E-state index contributed by atoms with van der Waals surface area (Å²) < 4.78 is 0. The lowest BCUT2D eigenvalue weighted by atomic mass is 10.1. The van der Waals surface area contributed by atoms with E-state index in [1.807, 2.05) is 53.4 Å². The zero-order valence-corrected chi connectivity index (χ0v) is 14.8. The van der Waals surface area contributed by atoms with Gasteiger partial charge in [0, 0.05) is 11.8 Å². The van der Waals surface area contributed by atoms with Gasteiger partial charge in [0.05, 0.1) is 5.70 Å². The summed E-state index contributed by atoms with van der Waals surface area (Å²) in [5.41, 5.74) is 6.01. The van der Waals surface area contributed by atoms with E-state index in [0.29, 0.717) is 0 Å². The highest BCUT2D eigenvalue weighted by Crippen LogP contribution is 2.29. The van der Waals surface area contributed by atoms with Gasteiger partial charge in [-0.25, -0.2) is 0 Å². The van der Waals surface area contributed by atoms with Gasteiger partial charge in [0.25, 0.3) is 0 Å². The second-order valence-electron chi connectivity index (χ2n) is 5.82. The van der Waals surface area contributed by atoms with Gasteiger partial charge in [-0.3, -0.25) is 15.1 Å². The minimum atomic E-state index is -0.344. The Morgan fingerprint density at radius 1 is 1.08 bits per heavy atom. The quantitative estimate of drug-likeness (QED) is 0.878. The average molecular weight is 362 g/mol. The number of hydrogen-bond donors (Lipinski definition) is 2. The molecule has 0 saturated carbocycles. The van der Waals surface area contributed by atoms with E-state index in [1.165, 1.54) is 5.56 Å². The molecule has 0 fully saturated rings. The Morgan fingerprint density at radius 3 is 2.58 bits per heavy atom. The molecule has 5 nitrogen and oxygen atoms in total. The number of nitrogens with zero attached hydrogens (tertiary/aromatic N) is 2. The fraction of sp³-hybridized carbons (Fsp3) is 0.100. The Hall–Kier alpha value is -2.99. The van der Waals surface area contributed by atoms with E-state index in [9.17, 15) is 4.79 Å². The van der Waals surface area contributed by atoms with Crippen LogP contribution in [-0.4, -0.2) is 28.0 Å². The minimum absolute atomic E-state index is 0.122. The number of fused-ring (bicyclic) bond motifs is 1. The monoisotopic (exact) mass is 362 g/mol.